The first-order chi connectivity index (χ1) is 17.1. The standard InChI is InChI=1S/C28H23N7/c1-17-14-22(10-12-30-17)32-21-7-9-26-27(16-21)35-28(34-26)18-2-5-20(6-3-18)33-25-11-13-31-24-8-4-19(29)15-23(24)25/h2-16H,29H2,1H3,(H,30,32)(H,31,33)(H,34,35). The van der Waals surface area contributed by atoms with E-state index in [2.05, 4.69) is 37.7 Å². The average molecular weight is 458 g/mol. The van der Waals surface area contributed by atoms with Gasteiger partial charge in [0, 0.05) is 57.5 Å². The number of hydrogen-bond donors (Lipinski definition) is 4. The molecular weight excluding hydrogens is 434 g/mol. The van der Waals surface area contributed by atoms with Crippen LogP contribution in [0, 0.1) is 6.92 Å². The van der Waals surface area contributed by atoms with Crippen molar-refractivity contribution in [3.05, 3.63) is 97.0 Å². The predicted octanol–water partition coefficient (Wildman–Crippen LogP) is 6.55. The molecule has 6 aromatic rings. The van der Waals surface area contributed by atoms with Crippen molar-refractivity contribution >= 4 is 50.4 Å². The fraction of sp³-hybridized carbons (Fsp3) is 0.0357. The number of hydrogen-bond acceptors (Lipinski definition) is 6. The van der Waals surface area contributed by atoms with E-state index < -0.39 is 0 Å². The summed E-state index contributed by atoms with van der Waals surface area (Å²) in [7, 11) is 0. The number of pyridine rings is 2. The van der Waals surface area contributed by atoms with Crippen molar-refractivity contribution in [3.8, 4) is 11.4 Å². The van der Waals surface area contributed by atoms with Crippen LogP contribution in [-0.2, 0) is 0 Å². The molecule has 0 aliphatic carbocycles. The number of aryl methyl sites for hydroxylation is 1. The maximum atomic E-state index is 5.98. The molecule has 170 valence electrons. The molecule has 0 unspecified atom stereocenters. The molecular formula is C28H23N7. The zero-order valence-electron chi connectivity index (χ0n) is 19.1. The molecule has 0 aliphatic rings. The van der Waals surface area contributed by atoms with E-state index in [9.17, 15) is 0 Å². The number of aromatic amines is 1. The third-order valence-corrected chi connectivity index (χ3v) is 5.87. The second-order valence-corrected chi connectivity index (χ2v) is 8.47. The summed E-state index contributed by atoms with van der Waals surface area (Å²) in [5.41, 5.74) is 15.4. The van der Waals surface area contributed by atoms with Gasteiger partial charge in [0.1, 0.15) is 5.82 Å². The Bertz CT molecular complexity index is 1670. The van der Waals surface area contributed by atoms with Crippen LogP contribution in [0.4, 0.5) is 28.4 Å². The van der Waals surface area contributed by atoms with E-state index >= 15 is 0 Å². The van der Waals surface area contributed by atoms with Crippen LogP contribution >= 0.6 is 0 Å². The number of fused-ring (bicyclic) bond motifs is 2. The van der Waals surface area contributed by atoms with Gasteiger partial charge in [0.2, 0.25) is 0 Å². The SMILES string of the molecule is Cc1cc(Nc2ccc3[nH]c(-c4ccc(Nc5ccnc6ccc(N)cc56)cc4)nc3c2)ccn1. The number of nitrogen functional groups attached to an aromatic ring is 1. The van der Waals surface area contributed by atoms with Crippen LogP contribution in [0.2, 0.25) is 0 Å². The Labute approximate surface area is 202 Å². The Balaban J connectivity index is 1.24. The van der Waals surface area contributed by atoms with E-state index in [1.165, 1.54) is 0 Å². The summed E-state index contributed by atoms with van der Waals surface area (Å²) in [6.45, 7) is 1.98. The lowest BCUT2D eigenvalue weighted by Gasteiger charge is -2.10. The number of nitrogens with zero attached hydrogens (tertiary/aromatic N) is 3. The molecule has 3 heterocycles. The van der Waals surface area contributed by atoms with Crippen molar-refractivity contribution in [1.82, 2.24) is 19.9 Å². The van der Waals surface area contributed by atoms with Crippen molar-refractivity contribution in [1.29, 1.82) is 0 Å². The molecule has 0 saturated heterocycles. The highest BCUT2D eigenvalue weighted by Crippen LogP contribution is 2.29. The zero-order valence-corrected chi connectivity index (χ0v) is 19.1. The summed E-state index contributed by atoms with van der Waals surface area (Å²) >= 11 is 0. The minimum atomic E-state index is 0.711. The monoisotopic (exact) mass is 457 g/mol. The maximum Gasteiger partial charge on any atom is 0.138 e. The Morgan fingerprint density at radius 2 is 1.51 bits per heavy atom. The van der Waals surface area contributed by atoms with Gasteiger partial charge in [-0.25, -0.2) is 4.98 Å². The Hall–Kier alpha value is -4.91. The molecule has 35 heavy (non-hydrogen) atoms. The van der Waals surface area contributed by atoms with Gasteiger partial charge in [-0.05, 0) is 85.8 Å². The van der Waals surface area contributed by atoms with Crippen molar-refractivity contribution in [3.63, 3.8) is 0 Å². The van der Waals surface area contributed by atoms with Crippen molar-refractivity contribution < 1.29 is 0 Å². The van der Waals surface area contributed by atoms with Crippen LogP contribution in [-0.4, -0.2) is 19.9 Å². The van der Waals surface area contributed by atoms with Gasteiger partial charge in [0.25, 0.3) is 0 Å². The molecule has 6 rings (SSSR count). The summed E-state index contributed by atoms with van der Waals surface area (Å²) in [5.74, 6) is 0.825. The van der Waals surface area contributed by atoms with E-state index in [4.69, 9.17) is 10.7 Å². The third-order valence-electron chi connectivity index (χ3n) is 5.87. The van der Waals surface area contributed by atoms with Crippen molar-refractivity contribution in [2.24, 2.45) is 0 Å². The molecule has 0 aliphatic heterocycles. The summed E-state index contributed by atoms with van der Waals surface area (Å²) in [6.07, 6.45) is 3.59. The van der Waals surface area contributed by atoms with Gasteiger partial charge < -0.3 is 21.4 Å². The molecule has 0 radical (unpaired) electrons. The first kappa shape index (κ1) is 20.7. The van der Waals surface area contributed by atoms with Gasteiger partial charge >= 0.3 is 0 Å². The molecule has 0 fully saturated rings. The molecule has 5 N–H and O–H groups in total. The molecule has 0 bridgehead atoms. The normalized spacial score (nSPS) is 11.1. The number of H-pyrrole nitrogens is 1. The van der Waals surface area contributed by atoms with Crippen molar-refractivity contribution in [2.45, 2.75) is 6.92 Å². The highest BCUT2D eigenvalue weighted by atomic mass is 14.9. The fourth-order valence-corrected chi connectivity index (χ4v) is 4.15. The molecule has 7 heteroatoms. The number of nitrogens with one attached hydrogen (secondary N) is 3. The van der Waals surface area contributed by atoms with Gasteiger partial charge in [-0.1, -0.05) is 0 Å². The second-order valence-electron chi connectivity index (χ2n) is 8.47. The topological polar surface area (TPSA) is 105 Å². The lowest BCUT2D eigenvalue weighted by molar-refractivity contribution is 1.20. The average Bonchev–Trinajstić information content (AvgIpc) is 3.28. The number of nitrogens with two attached hydrogens (primary N) is 1. The third kappa shape index (κ3) is 4.22. The highest BCUT2D eigenvalue weighted by Gasteiger charge is 2.08. The molecule has 7 nitrogen and oxygen atoms in total. The van der Waals surface area contributed by atoms with E-state index in [-0.39, 0.29) is 0 Å². The minimum absolute atomic E-state index is 0.711. The molecule has 3 aromatic heterocycles. The first-order valence-electron chi connectivity index (χ1n) is 11.3. The second kappa shape index (κ2) is 8.46. The van der Waals surface area contributed by atoms with Crippen LogP contribution in [0.25, 0.3) is 33.3 Å². The molecule has 0 spiro atoms. The number of rotatable bonds is 5. The zero-order chi connectivity index (χ0) is 23.8. The van der Waals surface area contributed by atoms with Gasteiger partial charge in [-0.3, -0.25) is 9.97 Å². The first-order valence-corrected chi connectivity index (χ1v) is 11.3. The summed E-state index contributed by atoms with van der Waals surface area (Å²) < 4.78 is 0. The number of aromatic nitrogens is 4. The predicted molar refractivity (Wildman–Crippen MR) is 143 cm³/mol. The van der Waals surface area contributed by atoms with Crippen LogP contribution in [0.3, 0.4) is 0 Å². The number of benzene rings is 3. The molecule has 0 saturated carbocycles. The summed E-state index contributed by atoms with van der Waals surface area (Å²) in [6, 6.07) is 26.0. The van der Waals surface area contributed by atoms with Gasteiger partial charge in [0.15, 0.2) is 0 Å². The number of anilines is 5. The lowest BCUT2D eigenvalue weighted by Crippen LogP contribution is -1.94. The maximum absolute atomic E-state index is 5.98. The smallest absolute Gasteiger partial charge is 0.138 e. The Morgan fingerprint density at radius 3 is 2.37 bits per heavy atom. The summed E-state index contributed by atoms with van der Waals surface area (Å²) in [5, 5.41) is 7.88. The quantitative estimate of drug-likeness (QED) is 0.219. The molecule has 0 amide bonds. The number of imidazole rings is 1. The van der Waals surface area contributed by atoms with Crippen LogP contribution in [0.5, 0.6) is 0 Å². The van der Waals surface area contributed by atoms with Gasteiger partial charge in [0.05, 0.1) is 16.6 Å². The van der Waals surface area contributed by atoms with Gasteiger partial charge in [-0.2, -0.15) is 0 Å². The molecule has 0 atom stereocenters. The van der Waals surface area contributed by atoms with E-state index in [1.54, 1.807) is 12.4 Å². The van der Waals surface area contributed by atoms with Crippen LogP contribution in [0.1, 0.15) is 5.69 Å². The van der Waals surface area contributed by atoms with Crippen molar-refractivity contribution in [2.75, 3.05) is 16.4 Å². The van der Waals surface area contributed by atoms with Gasteiger partial charge in [-0.15, -0.1) is 0 Å². The molecule has 3 aromatic carbocycles. The minimum Gasteiger partial charge on any atom is -0.399 e. The fourth-order valence-electron chi connectivity index (χ4n) is 4.15. The Morgan fingerprint density at radius 1 is 0.714 bits per heavy atom. The van der Waals surface area contributed by atoms with E-state index in [0.29, 0.717) is 5.69 Å². The summed E-state index contributed by atoms with van der Waals surface area (Å²) in [4.78, 5) is 16.9. The largest absolute Gasteiger partial charge is 0.399 e. The van der Waals surface area contributed by atoms with Crippen LogP contribution in [0.15, 0.2) is 91.3 Å². The lowest BCUT2D eigenvalue weighted by atomic mass is 10.1. The van der Waals surface area contributed by atoms with E-state index in [0.717, 1.165) is 61.8 Å². The van der Waals surface area contributed by atoms with Crippen LogP contribution < -0.4 is 16.4 Å². The van der Waals surface area contributed by atoms with E-state index in [1.807, 2.05) is 73.7 Å². The Kier molecular flexibility index (Phi) is 5.00. The highest BCUT2D eigenvalue weighted by molar-refractivity contribution is 5.94.